The van der Waals surface area contributed by atoms with Gasteiger partial charge in [0.1, 0.15) is 0 Å². The standard InChI is InChI=1S/C9H16N2O3/c1-3-14-9(13)10-8-4-5-11(6-8)7(2)12/h8H,3-6H2,1-2H3,(H,10,13). The number of carbonyl (C=O) groups excluding carboxylic acids is 2. The predicted octanol–water partition coefficient (Wildman–Crippen LogP) is 0.353. The van der Waals surface area contributed by atoms with Gasteiger partial charge in [-0.2, -0.15) is 0 Å². The molecule has 80 valence electrons. The number of hydrogen-bond donors (Lipinski definition) is 1. The van der Waals surface area contributed by atoms with Gasteiger partial charge in [-0.05, 0) is 13.3 Å². The highest BCUT2D eigenvalue weighted by Gasteiger charge is 2.25. The van der Waals surface area contributed by atoms with Crippen LogP contribution in [0.4, 0.5) is 4.79 Å². The maximum absolute atomic E-state index is 11.0. The Labute approximate surface area is 83.4 Å². The molecule has 5 nitrogen and oxygen atoms in total. The fourth-order valence-electron chi connectivity index (χ4n) is 1.50. The van der Waals surface area contributed by atoms with Crippen molar-refractivity contribution in [3.05, 3.63) is 0 Å². The third kappa shape index (κ3) is 2.90. The van der Waals surface area contributed by atoms with Crippen molar-refractivity contribution in [2.24, 2.45) is 0 Å². The van der Waals surface area contributed by atoms with Crippen LogP contribution in [0.1, 0.15) is 20.3 Å². The third-order valence-electron chi connectivity index (χ3n) is 2.23. The number of nitrogens with one attached hydrogen (secondary N) is 1. The molecule has 0 radical (unpaired) electrons. The zero-order valence-corrected chi connectivity index (χ0v) is 8.58. The van der Waals surface area contributed by atoms with Crippen molar-refractivity contribution in [1.82, 2.24) is 10.2 Å². The molecule has 0 aromatic carbocycles. The number of likely N-dealkylation sites (tertiary alicyclic amines) is 1. The van der Waals surface area contributed by atoms with Gasteiger partial charge in [0.25, 0.3) is 0 Å². The number of nitrogens with zero attached hydrogens (tertiary/aromatic N) is 1. The Morgan fingerprint density at radius 3 is 2.79 bits per heavy atom. The summed E-state index contributed by atoms with van der Waals surface area (Å²) in [6, 6.07) is 0.0398. The van der Waals surface area contributed by atoms with Crippen LogP contribution in [0.5, 0.6) is 0 Å². The molecule has 2 amide bonds. The van der Waals surface area contributed by atoms with E-state index < -0.39 is 6.09 Å². The van der Waals surface area contributed by atoms with Crippen LogP contribution >= 0.6 is 0 Å². The van der Waals surface area contributed by atoms with E-state index in [9.17, 15) is 9.59 Å². The van der Waals surface area contributed by atoms with E-state index in [1.807, 2.05) is 0 Å². The van der Waals surface area contributed by atoms with E-state index in [2.05, 4.69) is 5.32 Å². The number of hydrogen-bond acceptors (Lipinski definition) is 3. The van der Waals surface area contributed by atoms with E-state index in [-0.39, 0.29) is 11.9 Å². The number of ether oxygens (including phenoxy) is 1. The molecule has 0 bridgehead atoms. The van der Waals surface area contributed by atoms with Gasteiger partial charge < -0.3 is 15.0 Å². The molecule has 1 aliphatic rings. The second-order valence-corrected chi connectivity index (χ2v) is 3.32. The van der Waals surface area contributed by atoms with Crippen LogP contribution in [0.15, 0.2) is 0 Å². The molecule has 0 aliphatic carbocycles. The van der Waals surface area contributed by atoms with Crippen molar-refractivity contribution in [3.63, 3.8) is 0 Å². The molecule has 0 spiro atoms. The summed E-state index contributed by atoms with van der Waals surface area (Å²) in [6.45, 7) is 4.97. The van der Waals surface area contributed by atoms with Crippen LogP contribution in [0.2, 0.25) is 0 Å². The minimum Gasteiger partial charge on any atom is -0.450 e. The molecule has 1 atom stereocenters. The molecule has 1 aliphatic heterocycles. The van der Waals surface area contributed by atoms with Gasteiger partial charge in [-0.1, -0.05) is 0 Å². The molecule has 1 saturated heterocycles. The maximum atomic E-state index is 11.0. The number of amides is 2. The predicted molar refractivity (Wildman–Crippen MR) is 50.8 cm³/mol. The Bertz CT molecular complexity index is 230. The summed E-state index contributed by atoms with van der Waals surface area (Å²) in [5.41, 5.74) is 0. The van der Waals surface area contributed by atoms with Crippen LogP contribution in [0, 0.1) is 0 Å². The van der Waals surface area contributed by atoms with E-state index in [1.54, 1.807) is 11.8 Å². The second kappa shape index (κ2) is 4.83. The van der Waals surface area contributed by atoms with Crippen LogP contribution in [-0.4, -0.2) is 42.6 Å². The molecule has 0 saturated carbocycles. The van der Waals surface area contributed by atoms with E-state index in [0.29, 0.717) is 19.7 Å². The highest BCUT2D eigenvalue weighted by atomic mass is 16.5. The first kappa shape index (κ1) is 10.8. The monoisotopic (exact) mass is 200 g/mol. The molecule has 0 aromatic rings. The minimum absolute atomic E-state index is 0.0398. The van der Waals surface area contributed by atoms with Crippen molar-refractivity contribution < 1.29 is 14.3 Å². The quantitative estimate of drug-likeness (QED) is 0.700. The Morgan fingerprint density at radius 2 is 2.29 bits per heavy atom. The Hall–Kier alpha value is -1.26. The molecule has 1 N–H and O–H groups in total. The van der Waals surface area contributed by atoms with Gasteiger partial charge in [-0.3, -0.25) is 4.79 Å². The summed E-state index contributed by atoms with van der Waals surface area (Å²) < 4.78 is 4.75. The lowest BCUT2D eigenvalue weighted by Gasteiger charge is -2.14. The summed E-state index contributed by atoms with van der Waals surface area (Å²) in [4.78, 5) is 23.7. The van der Waals surface area contributed by atoms with Crippen molar-refractivity contribution in [1.29, 1.82) is 0 Å². The topological polar surface area (TPSA) is 58.6 Å². The molecule has 0 aromatic heterocycles. The molecule has 1 rings (SSSR count). The zero-order chi connectivity index (χ0) is 10.6. The SMILES string of the molecule is CCOC(=O)NC1CCN(C(C)=O)C1. The van der Waals surface area contributed by atoms with Crippen molar-refractivity contribution in [2.75, 3.05) is 19.7 Å². The molecule has 14 heavy (non-hydrogen) atoms. The number of carbonyl (C=O) groups is 2. The van der Waals surface area contributed by atoms with Crippen molar-refractivity contribution in [2.45, 2.75) is 26.3 Å². The highest BCUT2D eigenvalue weighted by molar-refractivity contribution is 5.74. The van der Waals surface area contributed by atoms with E-state index in [0.717, 1.165) is 6.42 Å². The smallest absolute Gasteiger partial charge is 0.407 e. The Balaban J connectivity index is 2.28. The molecule has 1 unspecified atom stereocenters. The number of alkyl carbamates (subject to hydrolysis) is 1. The first-order valence-corrected chi connectivity index (χ1v) is 4.82. The van der Waals surface area contributed by atoms with Crippen molar-refractivity contribution >= 4 is 12.0 Å². The first-order chi connectivity index (χ1) is 6.63. The zero-order valence-electron chi connectivity index (χ0n) is 8.58. The highest BCUT2D eigenvalue weighted by Crippen LogP contribution is 2.08. The average Bonchev–Trinajstić information content (AvgIpc) is 2.53. The van der Waals surface area contributed by atoms with Crippen molar-refractivity contribution in [3.8, 4) is 0 Å². The van der Waals surface area contributed by atoms with Crippen LogP contribution < -0.4 is 5.32 Å². The lowest BCUT2D eigenvalue weighted by Crippen LogP contribution is -2.38. The summed E-state index contributed by atoms with van der Waals surface area (Å²) in [5, 5.41) is 2.71. The molecule has 1 heterocycles. The van der Waals surface area contributed by atoms with Gasteiger partial charge in [0, 0.05) is 20.0 Å². The summed E-state index contributed by atoms with van der Waals surface area (Å²) >= 11 is 0. The Morgan fingerprint density at radius 1 is 1.57 bits per heavy atom. The summed E-state index contributed by atoms with van der Waals surface area (Å²) in [6.07, 6.45) is 0.404. The maximum Gasteiger partial charge on any atom is 0.407 e. The molecular weight excluding hydrogens is 184 g/mol. The third-order valence-corrected chi connectivity index (χ3v) is 2.23. The van der Waals surface area contributed by atoms with E-state index in [1.165, 1.54) is 6.92 Å². The van der Waals surface area contributed by atoms with Crippen LogP contribution in [0.3, 0.4) is 0 Å². The average molecular weight is 200 g/mol. The van der Waals surface area contributed by atoms with Crippen LogP contribution in [0.25, 0.3) is 0 Å². The van der Waals surface area contributed by atoms with Gasteiger partial charge in [-0.15, -0.1) is 0 Å². The largest absolute Gasteiger partial charge is 0.450 e. The molecular formula is C9H16N2O3. The van der Waals surface area contributed by atoms with Gasteiger partial charge in [0.2, 0.25) is 5.91 Å². The molecule has 5 heteroatoms. The normalized spacial score (nSPS) is 20.7. The van der Waals surface area contributed by atoms with Gasteiger partial charge >= 0.3 is 6.09 Å². The van der Waals surface area contributed by atoms with Crippen LogP contribution in [-0.2, 0) is 9.53 Å². The lowest BCUT2D eigenvalue weighted by atomic mass is 10.3. The first-order valence-electron chi connectivity index (χ1n) is 4.82. The lowest BCUT2D eigenvalue weighted by molar-refractivity contribution is -0.127. The van der Waals surface area contributed by atoms with E-state index in [4.69, 9.17) is 4.74 Å². The molecule has 1 fully saturated rings. The van der Waals surface area contributed by atoms with E-state index >= 15 is 0 Å². The fourth-order valence-corrected chi connectivity index (χ4v) is 1.50. The number of rotatable bonds is 2. The summed E-state index contributed by atoms with van der Waals surface area (Å²) in [5.74, 6) is 0.0539. The van der Waals surface area contributed by atoms with Gasteiger partial charge in [0.05, 0.1) is 12.6 Å². The van der Waals surface area contributed by atoms with Gasteiger partial charge in [-0.25, -0.2) is 4.79 Å². The Kier molecular flexibility index (Phi) is 3.73. The second-order valence-electron chi connectivity index (χ2n) is 3.32. The van der Waals surface area contributed by atoms with Gasteiger partial charge in [0.15, 0.2) is 0 Å². The summed E-state index contributed by atoms with van der Waals surface area (Å²) in [7, 11) is 0. The fraction of sp³-hybridized carbons (Fsp3) is 0.778. The minimum atomic E-state index is -0.400.